The van der Waals surface area contributed by atoms with Crippen LogP contribution < -0.4 is 22.1 Å². The molecule has 4 rings (SSSR count). The normalized spacial score (nSPS) is 19.5. The van der Waals surface area contributed by atoms with Crippen LogP contribution in [-0.2, 0) is 4.79 Å². The topological polar surface area (TPSA) is 132 Å². The van der Waals surface area contributed by atoms with Crippen molar-refractivity contribution in [1.29, 1.82) is 5.41 Å². The lowest BCUT2D eigenvalue weighted by Crippen LogP contribution is -2.35. The zero-order valence-corrected chi connectivity index (χ0v) is 15.4. The first-order chi connectivity index (χ1) is 13.4. The Kier molecular flexibility index (Phi) is 4.03. The number of rotatable bonds is 5. The fourth-order valence-electron chi connectivity index (χ4n) is 3.30. The molecule has 0 aromatic heterocycles. The van der Waals surface area contributed by atoms with E-state index in [4.69, 9.17) is 16.9 Å². The summed E-state index contributed by atoms with van der Waals surface area (Å²) in [6, 6.07) is 12.6. The molecule has 8 heteroatoms. The van der Waals surface area contributed by atoms with Gasteiger partial charge in [-0.15, -0.1) is 0 Å². The van der Waals surface area contributed by atoms with E-state index in [1.54, 1.807) is 30.5 Å². The molecule has 7 N–H and O–H groups in total. The number of amides is 1. The Morgan fingerprint density at radius 2 is 2.04 bits per heavy atom. The lowest BCUT2D eigenvalue weighted by Gasteiger charge is -2.20. The van der Waals surface area contributed by atoms with Crippen LogP contribution in [-0.4, -0.2) is 34.7 Å². The van der Waals surface area contributed by atoms with E-state index >= 15 is 0 Å². The van der Waals surface area contributed by atoms with Crippen molar-refractivity contribution in [3.8, 4) is 0 Å². The van der Waals surface area contributed by atoms with Gasteiger partial charge >= 0.3 is 0 Å². The Morgan fingerprint density at radius 1 is 1.21 bits per heavy atom. The van der Waals surface area contributed by atoms with Gasteiger partial charge in [0.1, 0.15) is 0 Å². The van der Waals surface area contributed by atoms with E-state index in [1.165, 1.54) is 6.92 Å². The second kappa shape index (κ2) is 6.41. The maximum atomic E-state index is 11.3. The molecule has 0 bridgehead atoms. The number of hydrogen-bond acceptors (Lipinski definition) is 7. The van der Waals surface area contributed by atoms with Crippen molar-refractivity contribution in [3.63, 3.8) is 0 Å². The van der Waals surface area contributed by atoms with Crippen LogP contribution in [0.3, 0.4) is 0 Å². The van der Waals surface area contributed by atoms with Crippen molar-refractivity contribution in [2.75, 3.05) is 22.9 Å². The standard InChI is InChI=1S/C20H21N7O/c1-12(28)25-14-4-2-3-13(9-14)18(22)16-10-15(5-6-17(16)21)26-20-7-8-24-19(23)27(20)11-20/h2-10,22,26H,11,21H2,1H3,(H2,23,24)(H,25,28). The Morgan fingerprint density at radius 3 is 2.82 bits per heavy atom. The van der Waals surface area contributed by atoms with Gasteiger partial charge in [0.25, 0.3) is 0 Å². The Hall–Kier alpha value is -3.81. The van der Waals surface area contributed by atoms with E-state index in [0.717, 1.165) is 12.2 Å². The van der Waals surface area contributed by atoms with Gasteiger partial charge in [0, 0.05) is 41.3 Å². The van der Waals surface area contributed by atoms with E-state index in [9.17, 15) is 4.79 Å². The number of carbonyl (C=O) groups excluding carboxylic acids is 1. The monoisotopic (exact) mass is 375 g/mol. The highest BCUT2D eigenvalue weighted by Gasteiger charge is 2.53. The molecule has 0 radical (unpaired) electrons. The van der Waals surface area contributed by atoms with Crippen molar-refractivity contribution in [2.45, 2.75) is 12.6 Å². The SMILES string of the molecule is CC(=O)Nc1cccc(C(=N)c2cc(NC34C=CN=C(N)N3C4)ccc2N)c1. The number of nitrogen functional groups attached to an aromatic ring is 1. The Labute approximate surface area is 162 Å². The predicted octanol–water partition coefficient (Wildman–Crippen LogP) is 1.91. The number of hydrogen-bond donors (Lipinski definition) is 5. The third-order valence-corrected chi connectivity index (χ3v) is 4.77. The van der Waals surface area contributed by atoms with E-state index in [1.807, 2.05) is 29.2 Å². The van der Waals surface area contributed by atoms with E-state index in [0.29, 0.717) is 28.5 Å². The van der Waals surface area contributed by atoms with Gasteiger partial charge in [-0.25, -0.2) is 4.99 Å². The molecular formula is C20H21N7O. The van der Waals surface area contributed by atoms with Crippen molar-refractivity contribution < 1.29 is 4.79 Å². The molecule has 2 aromatic rings. The molecule has 142 valence electrons. The average Bonchev–Trinajstić information content (AvgIpc) is 3.38. The summed E-state index contributed by atoms with van der Waals surface area (Å²) in [6.07, 6.45) is 3.65. The quantitative estimate of drug-likeness (QED) is 0.309. The van der Waals surface area contributed by atoms with E-state index in [2.05, 4.69) is 15.6 Å². The molecule has 2 aromatic carbocycles. The van der Waals surface area contributed by atoms with Crippen LogP contribution in [0, 0.1) is 5.41 Å². The van der Waals surface area contributed by atoms with Crippen LogP contribution in [0.2, 0.25) is 0 Å². The molecule has 1 fully saturated rings. The van der Waals surface area contributed by atoms with Gasteiger partial charge in [-0.2, -0.15) is 0 Å². The number of nitrogens with two attached hydrogens (primary N) is 2. The molecule has 2 aliphatic rings. The van der Waals surface area contributed by atoms with Crippen molar-refractivity contribution in [1.82, 2.24) is 4.90 Å². The first kappa shape index (κ1) is 17.6. The third-order valence-electron chi connectivity index (χ3n) is 4.77. The van der Waals surface area contributed by atoms with Crippen LogP contribution in [0.4, 0.5) is 17.1 Å². The summed E-state index contributed by atoms with van der Waals surface area (Å²) in [5.74, 6) is 0.319. The zero-order valence-electron chi connectivity index (χ0n) is 15.4. The van der Waals surface area contributed by atoms with Crippen molar-refractivity contribution in [2.24, 2.45) is 10.7 Å². The number of nitrogens with one attached hydrogen (secondary N) is 3. The minimum Gasteiger partial charge on any atom is -0.398 e. The molecule has 1 amide bonds. The molecule has 1 unspecified atom stereocenters. The fourth-order valence-corrected chi connectivity index (χ4v) is 3.30. The number of nitrogens with zero attached hydrogens (tertiary/aromatic N) is 2. The smallest absolute Gasteiger partial charge is 0.221 e. The maximum absolute atomic E-state index is 11.3. The summed E-state index contributed by atoms with van der Waals surface area (Å²) >= 11 is 0. The molecule has 1 saturated heterocycles. The summed E-state index contributed by atoms with van der Waals surface area (Å²) in [5, 5.41) is 14.8. The largest absolute Gasteiger partial charge is 0.398 e. The first-order valence-electron chi connectivity index (χ1n) is 8.81. The molecule has 2 aliphatic heterocycles. The number of guanidine groups is 1. The van der Waals surface area contributed by atoms with Crippen molar-refractivity contribution in [3.05, 3.63) is 65.9 Å². The van der Waals surface area contributed by atoms with Gasteiger partial charge in [-0.05, 0) is 36.4 Å². The molecule has 0 saturated carbocycles. The van der Waals surface area contributed by atoms with Gasteiger partial charge in [-0.1, -0.05) is 12.1 Å². The number of benzene rings is 2. The van der Waals surface area contributed by atoms with E-state index in [-0.39, 0.29) is 17.3 Å². The minimum atomic E-state index is -0.368. The number of fused-ring (bicyclic) bond motifs is 1. The highest BCUT2D eigenvalue weighted by atomic mass is 16.1. The summed E-state index contributed by atoms with van der Waals surface area (Å²) in [7, 11) is 0. The van der Waals surface area contributed by atoms with Crippen LogP contribution in [0.1, 0.15) is 18.1 Å². The van der Waals surface area contributed by atoms with E-state index < -0.39 is 0 Å². The summed E-state index contributed by atoms with van der Waals surface area (Å²) < 4.78 is 0. The lowest BCUT2D eigenvalue weighted by atomic mass is 9.99. The molecular weight excluding hydrogens is 354 g/mol. The second-order valence-corrected chi connectivity index (χ2v) is 6.88. The van der Waals surface area contributed by atoms with Crippen LogP contribution in [0.5, 0.6) is 0 Å². The summed E-state index contributed by atoms with van der Waals surface area (Å²) in [4.78, 5) is 17.3. The molecule has 0 aliphatic carbocycles. The van der Waals surface area contributed by atoms with Crippen LogP contribution in [0.25, 0.3) is 0 Å². The van der Waals surface area contributed by atoms with Gasteiger partial charge < -0.3 is 27.0 Å². The highest BCUT2D eigenvalue weighted by Crippen LogP contribution is 2.37. The minimum absolute atomic E-state index is 0.161. The number of aliphatic imine (C=N–C) groups is 1. The maximum Gasteiger partial charge on any atom is 0.221 e. The molecule has 2 heterocycles. The Balaban J connectivity index is 1.59. The summed E-state index contributed by atoms with van der Waals surface area (Å²) in [6.45, 7) is 2.18. The fraction of sp³-hybridized carbons (Fsp3) is 0.150. The van der Waals surface area contributed by atoms with Gasteiger partial charge in [0.05, 0.1) is 12.3 Å². The van der Waals surface area contributed by atoms with Crippen LogP contribution in [0.15, 0.2) is 59.7 Å². The van der Waals surface area contributed by atoms with Gasteiger partial charge in [0.2, 0.25) is 5.91 Å². The highest BCUT2D eigenvalue weighted by molar-refractivity contribution is 6.14. The molecule has 8 nitrogen and oxygen atoms in total. The molecule has 1 atom stereocenters. The Bertz CT molecular complexity index is 1040. The van der Waals surface area contributed by atoms with Gasteiger partial charge in [-0.3, -0.25) is 10.2 Å². The second-order valence-electron chi connectivity index (χ2n) is 6.88. The molecule has 0 spiro atoms. The number of anilines is 3. The summed E-state index contributed by atoms with van der Waals surface area (Å²) in [5.41, 5.74) is 15.2. The third kappa shape index (κ3) is 3.16. The molecule has 28 heavy (non-hydrogen) atoms. The zero-order chi connectivity index (χ0) is 19.9. The van der Waals surface area contributed by atoms with Gasteiger partial charge in [0.15, 0.2) is 11.6 Å². The number of carbonyl (C=O) groups is 1. The first-order valence-corrected chi connectivity index (χ1v) is 8.81. The van der Waals surface area contributed by atoms with Crippen molar-refractivity contribution >= 4 is 34.6 Å². The average molecular weight is 375 g/mol. The lowest BCUT2D eigenvalue weighted by molar-refractivity contribution is -0.114. The predicted molar refractivity (Wildman–Crippen MR) is 111 cm³/mol. The van der Waals surface area contributed by atoms with Crippen LogP contribution >= 0.6 is 0 Å².